The fourth-order valence-corrected chi connectivity index (χ4v) is 4.06. The first-order valence-corrected chi connectivity index (χ1v) is 12.3. The first kappa shape index (κ1) is 26.7. The van der Waals surface area contributed by atoms with Crippen LogP contribution in [-0.2, 0) is 17.9 Å². The second kappa shape index (κ2) is 11.8. The minimum absolute atomic E-state index is 0.130. The summed E-state index contributed by atoms with van der Waals surface area (Å²) in [5.41, 5.74) is 1.36. The third-order valence-corrected chi connectivity index (χ3v) is 6.10. The molecule has 0 saturated carbocycles. The van der Waals surface area contributed by atoms with Gasteiger partial charge in [0.05, 0.1) is 20.8 Å². The molecule has 10 heteroatoms. The van der Waals surface area contributed by atoms with E-state index in [9.17, 15) is 9.59 Å². The summed E-state index contributed by atoms with van der Waals surface area (Å²) < 4.78 is 27.2. The van der Waals surface area contributed by atoms with Gasteiger partial charge in [0.15, 0.2) is 11.5 Å². The molecule has 4 rings (SSSR count). The van der Waals surface area contributed by atoms with E-state index in [0.29, 0.717) is 41.0 Å². The average molecular weight is 524 g/mol. The number of anilines is 1. The first-order chi connectivity index (χ1) is 18.2. The SMILES string of the molecule is COc1cc(NC(=O)N(CC(=O)N(Cc2ccc3c(c2)OCO3)Cc2ccc(C)o2)C(C)C)cc(OC)c1. The van der Waals surface area contributed by atoms with Crippen molar-refractivity contribution in [2.45, 2.75) is 39.9 Å². The summed E-state index contributed by atoms with van der Waals surface area (Å²) in [5, 5.41) is 2.86. The van der Waals surface area contributed by atoms with Crippen LogP contribution in [0, 0.1) is 6.92 Å². The van der Waals surface area contributed by atoms with Crippen LogP contribution in [0.3, 0.4) is 0 Å². The van der Waals surface area contributed by atoms with Gasteiger partial charge in [0.2, 0.25) is 12.7 Å². The fraction of sp³-hybridized carbons (Fsp3) is 0.357. The zero-order valence-corrected chi connectivity index (χ0v) is 22.3. The number of rotatable bonds is 10. The van der Waals surface area contributed by atoms with Crippen molar-refractivity contribution < 1.29 is 33.0 Å². The van der Waals surface area contributed by atoms with Crippen LogP contribution in [0.4, 0.5) is 10.5 Å². The predicted molar refractivity (Wildman–Crippen MR) is 141 cm³/mol. The standard InChI is InChI=1S/C28H33N3O7/c1-18(2)31(28(33)29-21-11-23(34-4)13-24(12-21)35-5)16-27(32)30(15-22-8-6-19(3)38-22)14-20-7-9-25-26(10-20)37-17-36-25/h6-13,18H,14-17H2,1-5H3,(H,29,33). The second-order valence-corrected chi connectivity index (χ2v) is 9.20. The van der Waals surface area contributed by atoms with Gasteiger partial charge in [-0.25, -0.2) is 4.79 Å². The summed E-state index contributed by atoms with van der Waals surface area (Å²) in [7, 11) is 3.07. The van der Waals surface area contributed by atoms with Gasteiger partial charge in [-0.2, -0.15) is 0 Å². The highest BCUT2D eigenvalue weighted by Gasteiger charge is 2.25. The molecule has 0 fully saturated rings. The van der Waals surface area contributed by atoms with Crippen LogP contribution < -0.4 is 24.3 Å². The molecular formula is C28H33N3O7. The summed E-state index contributed by atoms with van der Waals surface area (Å²) in [6.45, 7) is 6.16. The van der Waals surface area contributed by atoms with E-state index in [-0.39, 0.29) is 31.8 Å². The number of fused-ring (bicyclic) bond motifs is 1. The number of ether oxygens (including phenoxy) is 4. The average Bonchev–Trinajstić information content (AvgIpc) is 3.54. The molecule has 0 radical (unpaired) electrons. The Balaban J connectivity index is 1.52. The summed E-state index contributed by atoms with van der Waals surface area (Å²) >= 11 is 0. The van der Waals surface area contributed by atoms with E-state index in [0.717, 1.165) is 11.3 Å². The van der Waals surface area contributed by atoms with E-state index >= 15 is 0 Å². The van der Waals surface area contributed by atoms with Gasteiger partial charge in [-0.3, -0.25) is 4.79 Å². The van der Waals surface area contributed by atoms with Crippen LogP contribution in [0.25, 0.3) is 0 Å². The van der Waals surface area contributed by atoms with Crippen molar-refractivity contribution in [2.75, 3.05) is 32.9 Å². The van der Waals surface area contributed by atoms with E-state index < -0.39 is 6.03 Å². The fourth-order valence-electron chi connectivity index (χ4n) is 4.06. The molecular weight excluding hydrogens is 490 g/mol. The Kier molecular flexibility index (Phi) is 8.30. The largest absolute Gasteiger partial charge is 0.497 e. The van der Waals surface area contributed by atoms with Crippen molar-refractivity contribution in [2.24, 2.45) is 0 Å². The Hall–Kier alpha value is -4.34. The Bertz CT molecular complexity index is 1260. The van der Waals surface area contributed by atoms with Crippen molar-refractivity contribution in [3.8, 4) is 23.0 Å². The zero-order chi connectivity index (χ0) is 27.2. The number of nitrogens with one attached hydrogen (secondary N) is 1. The van der Waals surface area contributed by atoms with Crippen molar-refractivity contribution in [3.63, 3.8) is 0 Å². The Morgan fingerprint density at radius 2 is 1.66 bits per heavy atom. The smallest absolute Gasteiger partial charge is 0.322 e. The molecule has 0 bridgehead atoms. The molecule has 0 unspecified atom stereocenters. The molecule has 10 nitrogen and oxygen atoms in total. The predicted octanol–water partition coefficient (Wildman–Crippen LogP) is 4.81. The van der Waals surface area contributed by atoms with Gasteiger partial charge in [-0.15, -0.1) is 0 Å². The molecule has 0 saturated heterocycles. The third-order valence-electron chi connectivity index (χ3n) is 6.10. The molecule has 0 atom stereocenters. The molecule has 1 aliphatic rings. The number of carbonyl (C=O) groups is 2. The first-order valence-electron chi connectivity index (χ1n) is 12.3. The minimum atomic E-state index is -0.416. The molecule has 2 aromatic carbocycles. The normalized spacial score (nSPS) is 11.8. The van der Waals surface area contributed by atoms with Crippen LogP contribution in [0.5, 0.6) is 23.0 Å². The second-order valence-electron chi connectivity index (χ2n) is 9.20. The molecule has 0 aliphatic carbocycles. The molecule has 3 amide bonds. The number of urea groups is 1. The Morgan fingerprint density at radius 3 is 2.29 bits per heavy atom. The molecule has 2 heterocycles. The van der Waals surface area contributed by atoms with Crippen molar-refractivity contribution in [1.29, 1.82) is 0 Å². The monoisotopic (exact) mass is 523 g/mol. The van der Waals surface area contributed by atoms with Gasteiger partial charge in [0.25, 0.3) is 0 Å². The Morgan fingerprint density at radius 1 is 0.947 bits per heavy atom. The van der Waals surface area contributed by atoms with Gasteiger partial charge in [0.1, 0.15) is 29.6 Å². The molecule has 38 heavy (non-hydrogen) atoms. The number of nitrogens with zero attached hydrogens (tertiary/aromatic N) is 2. The zero-order valence-electron chi connectivity index (χ0n) is 22.3. The van der Waals surface area contributed by atoms with Gasteiger partial charge >= 0.3 is 6.03 Å². The maximum atomic E-state index is 13.6. The van der Waals surface area contributed by atoms with Crippen LogP contribution in [-0.4, -0.2) is 55.3 Å². The lowest BCUT2D eigenvalue weighted by Crippen LogP contribution is -2.47. The van der Waals surface area contributed by atoms with E-state index in [1.807, 2.05) is 51.1 Å². The highest BCUT2D eigenvalue weighted by Crippen LogP contribution is 2.33. The lowest BCUT2D eigenvalue weighted by molar-refractivity contribution is -0.133. The maximum absolute atomic E-state index is 13.6. The highest BCUT2D eigenvalue weighted by molar-refractivity contribution is 5.93. The number of hydrogen-bond donors (Lipinski definition) is 1. The van der Waals surface area contributed by atoms with Crippen LogP contribution >= 0.6 is 0 Å². The highest BCUT2D eigenvalue weighted by atomic mass is 16.7. The van der Waals surface area contributed by atoms with Crippen LogP contribution in [0.1, 0.15) is 30.9 Å². The molecule has 0 spiro atoms. The summed E-state index contributed by atoms with van der Waals surface area (Å²) in [6.07, 6.45) is 0. The van der Waals surface area contributed by atoms with Crippen LogP contribution in [0.2, 0.25) is 0 Å². The quantitative estimate of drug-likeness (QED) is 0.407. The number of amides is 3. The van der Waals surface area contributed by atoms with Crippen molar-refractivity contribution >= 4 is 17.6 Å². The lowest BCUT2D eigenvalue weighted by atomic mass is 10.1. The lowest BCUT2D eigenvalue weighted by Gasteiger charge is -2.30. The van der Waals surface area contributed by atoms with Gasteiger partial charge < -0.3 is 38.5 Å². The minimum Gasteiger partial charge on any atom is -0.497 e. The summed E-state index contributed by atoms with van der Waals surface area (Å²) in [4.78, 5) is 30.0. The summed E-state index contributed by atoms with van der Waals surface area (Å²) in [6, 6.07) is 13.7. The molecule has 202 valence electrons. The third kappa shape index (κ3) is 6.50. The van der Waals surface area contributed by atoms with Crippen LogP contribution in [0.15, 0.2) is 52.9 Å². The molecule has 1 N–H and O–H groups in total. The molecule has 1 aliphatic heterocycles. The number of carbonyl (C=O) groups excluding carboxylic acids is 2. The van der Waals surface area contributed by atoms with Crippen molar-refractivity contribution in [1.82, 2.24) is 9.80 Å². The van der Waals surface area contributed by atoms with Gasteiger partial charge in [-0.1, -0.05) is 6.07 Å². The topological polar surface area (TPSA) is 103 Å². The number of benzene rings is 2. The molecule has 1 aromatic heterocycles. The van der Waals surface area contributed by atoms with E-state index in [1.54, 1.807) is 23.1 Å². The number of hydrogen-bond acceptors (Lipinski definition) is 7. The summed E-state index contributed by atoms with van der Waals surface area (Å²) in [5.74, 6) is 3.56. The van der Waals surface area contributed by atoms with E-state index in [2.05, 4.69) is 5.32 Å². The Labute approximate surface area is 222 Å². The number of furan rings is 1. The maximum Gasteiger partial charge on any atom is 0.322 e. The number of methoxy groups -OCH3 is 2. The number of aryl methyl sites for hydroxylation is 1. The van der Waals surface area contributed by atoms with E-state index in [4.69, 9.17) is 23.4 Å². The van der Waals surface area contributed by atoms with Gasteiger partial charge in [-0.05, 0) is 50.6 Å². The van der Waals surface area contributed by atoms with E-state index in [1.165, 1.54) is 19.1 Å². The van der Waals surface area contributed by atoms with Crippen molar-refractivity contribution in [3.05, 3.63) is 65.6 Å². The van der Waals surface area contributed by atoms with Gasteiger partial charge in [0, 0.05) is 36.5 Å². The molecule has 3 aromatic rings.